The van der Waals surface area contributed by atoms with Crippen molar-refractivity contribution in [1.29, 1.82) is 0 Å². The fourth-order valence-electron chi connectivity index (χ4n) is 4.81. The molecular formula is C27H36F2N8O2. The number of nitrogens with two attached hydrogens (primary N) is 1. The summed E-state index contributed by atoms with van der Waals surface area (Å²) in [6.07, 6.45) is 3.74. The molecule has 0 amide bonds. The van der Waals surface area contributed by atoms with Crippen molar-refractivity contribution in [1.82, 2.24) is 19.9 Å². The Morgan fingerprint density at radius 2 is 1.79 bits per heavy atom. The number of rotatable bonds is 10. The highest BCUT2D eigenvalue weighted by Crippen LogP contribution is 2.39. The van der Waals surface area contributed by atoms with Crippen LogP contribution in [-0.2, 0) is 5.60 Å². The molecule has 1 aliphatic rings. The van der Waals surface area contributed by atoms with Gasteiger partial charge in [-0.15, -0.1) is 0 Å². The third-order valence-corrected chi connectivity index (χ3v) is 7.01. The van der Waals surface area contributed by atoms with E-state index in [-0.39, 0.29) is 29.6 Å². The van der Waals surface area contributed by atoms with E-state index in [1.165, 1.54) is 13.3 Å². The number of aromatic nitrogens is 3. The van der Waals surface area contributed by atoms with E-state index in [1.54, 1.807) is 20.1 Å². The van der Waals surface area contributed by atoms with Gasteiger partial charge < -0.3 is 36.0 Å². The number of ether oxygens (including phenoxy) is 1. The minimum atomic E-state index is -1.40. The number of nitrogens with one attached hydrogen (secondary N) is 2. The van der Waals surface area contributed by atoms with Crippen LogP contribution in [0.3, 0.4) is 0 Å². The van der Waals surface area contributed by atoms with Crippen LogP contribution in [0.4, 0.5) is 43.4 Å². The molecule has 2 heterocycles. The largest absolute Gasteiger partial charge is 0.494 e. The third-order valence-electron chi connectivity index (χ3n) is 7.01. The number of nitrogen functional groups attached to an aromatic ring is 1. The molecule has 39 heavy (non-hydrogen) atoms. The van der Waals surface area contributed by atoms with Crippen LogP contribution in [0.1, 0.15) is 38.7 Å². The van der Waals surface area contributed by atoms with Crippen LogP contribution in [0, 0.1) is 11.6 Å². The molecule has 1 aliphatic heterocycles. The van der Waals surface area contributed by atoms with Gasteiger partial charge in [-0.2, -0.15) is 4.98 Å². The molecule has 4 rings (SSSR count). The maximum Gasteiger partial charge on any atom is 0.232 e. The van der Waals surface area contributed by atoms with Crippen molar-refractivity contribution in [3.8, 4) is 5.75 Å². The lowest BCUT2D eigenvalue weighted by Crippen LogP contribution is -2.37. The Bertz CT molecular complexity index is 1320. The molecule has 1 saturated heterocycles. The second kappa shape index (κ2) is 11.5. The summed E-state index contributed by atoms with van der Waals surface area (Å²) in [7, 11) is 5.70. The highest BCUT2D eigenvalue weighted by atomic mass is 19.2. The van der Waals surface area contributed by atoms with Gasteiger partial charge in [0.05, 0.1) is 35.5 Å². The molecule has 10 nitrogen and oxygen atoms in total. The van der Waals surface area contributed by atoms with Gasteiger partial charge in [0, 0.05) is 36.8 Å². The van der Waals surface area contributed by atoms with E-state index >= 15 is 0 Å². The maximum absolute atomic E-state index is 14.1. The molecule has 2 atom stereocenters. The minimum Gasteiger partial charge on any atom is -0.494 e. The van der Waals surface area contributed by atoms with Crippen molar-refractivity contribution in [2.75, 3.05) is 55.6 Å². The second-order valence-corrected chi connectivity index (χ2v) is 10.2. The van der Waals surface area contributed by atoms with Crippen molar-refractivity contribution in [2.24, 2.45) is 0 Å². The SMILES string of the molecule is CCC(C)(O)c1cc(F)c(F)cc1Nc1ncnc(Nc2cc(N)c(N3CCC[C@@H]3CN(C)C)cc2OC)n1. The van der Waals surface area contributed by atoms with E-state index in [9.17, 15) is 13.9 Å². The lowest BCUT2D eigenvalue weighted by molar-refractivity contribution is 0.0534. The predicted octanol–water partition coefficient (Wildman–Crippen LogP) is 4.38. The summed E-state index contributed by atoms with van der Waals surface area (Å²) in [5, 5.41) is 16.7. The van der Waals surface area contributed by atoms with E-state index in [4.69, 9.17) is 10.5 Å². The summed E-state index contributed by atoms with van der Waals surface area (Å²) in [6, 6.07) is 5.99. The van der Waals surface area contributed by atoms with Crippen LogP contribution >= 0.6 is 0 Å². The summed E-state index contributed by atoms with van der Waals surface area (Å²) in [4.78, 5) is 17.1. The van der Waals surface area contributed by atoms with Gasteiger partial charge in [0.1, 0.15) is 12.1 Å². The second-order valence-electron chi connectivity index (χ2n) is 10.2. The Kier molecular flexibility index (Phi) is 8.36. The topological polar surface area (TPSA) is 125 Å². The number of benzene rings is 2. The lowest BCUT2D eigenvalue weighted by Gasteiger charge is -2.30. The average Bonchev–Trinajstić information content (AvgIpc) is 3.33. The number of hydrogen-bond acceptors (Lipinski definition) is 10. The van der Waals surface area contributed by atoms with Gasteiger partial charge in [-0.05, 0) is 52.4 Å². The van der Waals surface area contributed by atoms with E-state index in [0.717, 1.165) is 43.8 Å². The Labute approximate surface area is 227 Å². The van der Waals surface area contributed by atoms with E-state index in [0.29, 0.717) is 23.2 Å². The van der Waals surface area contributed by atoms with Gasteiger partial charge in [0.15, 0.2) is 11.6 Å². The first kappa shape index (κ1) is 28.2. The first-order valence-electron chi connectivity index (χ1n) is 12.9. The van der Waals surface area contributed by atoms with Crippen LogP contribution in [-0.4, -0.2) is 65.3 Å². The van der Waals surface area contributed by atoms with E-state index in [2.05, 4.69) is 49.5 Å². The Morgan fingerprint density at radius 1 is 1.13 bits per heavy atom. The number of nitrogens with zero attached hydrogens (tertiary/aromatic N) is 5. The number of aliphatic hydroxyl groups is 1. The van der Waals surface area contributed by atoms with Crippen LogP contribution in [0.25, 0.3) is 0 Å². The summed E-state index contributed by atoms with van der Waals surface area (Å²) in [5.41, 5.74) is 7.47. The van der Waals surface area contributed by atoms with Gasteiger partial charge in [0.25, 0.3) is 0 Å². The molecule has 5 N–H and O–H groups in total. The molecule has 0 saturated carbocycles. The lowest BCUT2D eigenvalue weighted by atomic mass is 9.91. The molecule has 0 radical (unpaired) electrons. The number of likely N-dealkylation sites (N-methyl/N-ethyl adjacent to an activating group) is 1. The van der Waals surface area contributed by atoms with Crippen LogP contribution < -0.4 is 26.0 Å². The first-order chi connectivity index (χ1) is 18.5. The van der Waals surface area contributed by atoms with E-state index in [1.807, 2.05) is 6.07 Å². The summed E-state index contributed by atoms with van der Waals surface area (Å²) in [6.45, 7) is 5.11. The average molecular weight is 543 g/mol. The first-order valence-corrected chi connectivity index (χ1v) is 12.9. The molecular weight excluding hydrogens is 506 g/mol. The van der Waals surface area contributed by atoms with Crippen LogP contribution in [0.5, 0.6) is 5.75 Å². The summed E-state index contributed by atoms with van der Waals surface area (Å²) >= 11 is 0. The molecule has 12 heteroatoms. The fraction of sp³-hybridized carbons (Fsp3) is 0.444. The molecule has 0 aliphatic carbocycles. The zero-order chi connectivity index (χ0) is 28.3. The molecule has 210 valence electrons. The van der Waals surface area contributed by atoms with Crippen molar-refractivity contribution in [3.05, 3.63) is 47.8 Å². The molecule has 1 aromatic heterocycles. The van der Waals surface area contributed by atoms with Crippen molar-refractivity contribution < 1.29 is 18.6 Å². The molecule has 1 unspecified atom stereocenters. The van der Waals surface area contributed by atoms with Gasteiger partial charge in [-0.25, -0.2) is 18.7 Å². The normalized spacial score (nSPS) is 16.8. The quantitative estimate of drug-likeness (QED) is 0.274. The van der Waals surface area contributed by atoms with Crippen molar-refractivity contribution in [2.45, 2.75) is 44.8 Å². The number of methoxy groups -OCH3 is 1. The monoisotopic (exact) mass is 542 g/mol. The van der Waals surface area contributed by atoms with E-state index < -0.39 is 17.2 Å². The molecule has 2 aromatic carbocycles. The van der Waals surface area contributed by atoms with Gasteiger partial charge in [-0.1, -0.05) is 6.92 Å². The number of hydrogen-bond donors (Lipinski definition) is 4. The number of halogens is 2. The Hall–Kier alpha value is -3.77. The van der Waals surface area contributed by atoms with Crippen LogP contribution in [0.2, 0.25) is 0 Å². The third kappa shape index (κ3) is 6.28. The zero-order valence-corrected chi connectivity index (χ0v) is 22.9. The standard InChI is InChI=1S/C27H36F2N8O2/c1-6-27(2,38)17-10-18(28)19(29)11-21(17)33-25-31-15-32-26(35-25)34-22-12-20(30)23(13-24(22)39-5)37-9-7-8-16(37)14-36(3)4/h10-13,15-16,38H,6-9,14,30H2,1-5H3,(H2,31,32,33,34,35)/t16-,27?/m1/s1. The highest BCUT2D eigenvalue weighted by molar-refractivity contribution is 5.79. The van der Waals surface area contributed by atoms with Crippen molar-refractivity contribution in [3.63, 3.8) is 0 Å². The maximum atomic E-state index is 14.1. The van der Waals surface area contributed by atoms with Crippen molar-refractivity contribution >= 4 is 34.6 Å². The molecule has 1 fully saturated rings. The Morgan fingerprint density at radius 3 is 2.44 bits per heavy atom. The summed E-state index contributed by atoms with van der Waals surface area (Å²) in [5.74, 6) is -1.31. The predicted molar refractivity (Wildman–Crippen MR) is 149 cm³/mol. The smallest absolute Gasteiger partial charge is 0.232 e. The highest BCUT2D eigenvalue weighted by Gasteiger charge is 2.28. The summed E-state index contributed by atoms with van der Waals surface area (Å²) < 4.78 is 33.7. The van der Waals surface area contributed by atoms with Gasteiger partial charge in [-0.3, -0.25) is 0 Å². The minimum absolute atomic E-state index is 0.0683. The molecule has 0 bridgehead atoms. The Balaban J connectivity index is 1.60. The number of anilines is 6. The van der Waals surface area contributed by atoms with Gasteiger partial charge >= 0.3 is 0 Å². The van der Waals surface area contributed by atoms with Crippen LogP contribution in [0.15, 0.2) is 30.6 Å². The fourth-order valence-corrected chi connectivity index (χ4v) is 4.81. The molecule has 3 aromatic rings. The molecule has 0 spiro atoms. The zero-order valence-electron chi connectivity index (χ0n) is 22.9. The van der Waals surface area contributed by atoms with Gasteiger partial charge in [0.2, 0.25) is 11.9 Å².